The van der Waals surface area contributed by atoms with Crippen molar-refractivity contribution in [2.75, 3.05) is 20.6 Å². The fraction of sp³-hybridized carbons (Fsp3) is 1.00. The van der Waals surface area contributed by atoms with Crippen molar-refractivity contribution in [3.05, 3.63) is 0 Å². The van der Waals surface area contributed by atoms with E-state index >= 15 is 0 Å². The quantitative estimate of drug-likeness (QED) is 0.665. The molecule has 1 heteroatoms. The highest BCUT2D eigenvalue weighted by molar-refractivity contribution is 4.64. The molecule has 1 nitrogen and oxygen atoms in total. The first-order valence-corrected chi connectivity index (χ1v) is 5.27. The minimum absolute atomic E-state index is 0.553. The molecule has 0 radical (unpaired) electrons. The highest BCUT2D eigenvalue weighted by Gasteiger charge is 2.15. The lowest BCUT2D eigenvalue weighted by Gasteiger charge is -2.22. The molecule has 0 aliphatic rings. The molecule has 0 unspecified atom stereocenters. The lowest BCUT2D eigenvalue weighted by Crippen LogP contribution is -3.05. The van der Waals surface area contributed by atoms with Crippen LogP contribution in [0.2, 0.25) is 0 Å². The maximum Gasteiger partial charge on any atom is 0.0772 e. The summed E-state index contributed by atoms with van der Waals surface area (Å²) in [5, 5.41) is 0. The van der Waals surface area contributed by atoms with E-state index in [4.69, 9.17) is 0 Å². The monoisotopic (exact) mass is 174 g/mol. The minimum atomic E-state index is 0.553. The number of quaternary nitrogens is 1. The Hall–Kier alpha value is -0.0400. The average Bonchev–Trinajstić information content (AvgIpc) is 2.05. The zero-order valence-corrected chi connectivity index (χ0v) is 10.1. The Morgan fingerprint density at radius 1 is 1.08 bits per heavy atom. The zero-order valence-electron chi connectivity index (χ0n) is 10.1. The fourth-order valence-corrected chi connectivity index (χ4v) is 0.765. The summed E-state index contributed by atoms with van der Waals surface area (Å²) in [5.74, 6) is 0. The number of nitrogens with one attached hydrogen (secondary N) is 1. The molecule has 0 fully saturated rings. The molecule has 0 aliphatic carbocycles. The van der Waals surface area contributed by atoms with Gasteiger partial charge in [0.25, 0.3) is 0 Å². The van der Waals surface area contributed by atoms with Crippen molar-refractivity contribution < 1.29 is 4.90 Å². The Bertz CT molecular complexity index is 85.0. The minimum Gasteiger partial charge on any atom is -0.340 e. The molecular weight excluding hydrogens is 146 g/mol. The van der Waals surface area contributed by atoms with Gasteiger partial charge in [0.2, 0.25) is 0 Å². The van der Waals surface area contributed by atoms with E-state index in [0.29, 0.717) is 5.41 Å². The third-order valence-electron chi connectivity index (χ3n) is 2.26. The Morgan fingerprint density at radius 3 is 1.75 bits per heavy atom. The van der Waals surface area contributed by atoms with Crippen LogP contribution in [0.4, 0.5) is 0 Å². The van der Waals surface area contributed by atoms with E-state index in [-0.39, 0.29) is 0 Å². The standard InChI is InChI=1S/C9H21N.C2H6/c1-6-9(2,3)7-8-10(4)5;1-2/h6-8H2,1-5H3;1-2H3/p+1. The van der Waals surface area contributed by atoms with Crippen molar-refractivity contribution in [1.82, 2.24) is 0 Å². The first kappa shape index (κ1) is 14.5. The van der Waals surface area contributed by atoms with Crippen molar-refractivity contribution in [1.29, 1.82) is 0 Å². The van der Waals surface area contributed by atoms with Gasteiger partial charge in [-0.15, -0.1) is 0 Å². The van der Waals surface area contributed by atoms with Crippen LogP contribution in [-0.2, 0) is 0 Å². The molecule has 0 bridgehead atoms. The second-order valence-electron chi connectivity index (χ2n) is 4.22. The molecular formula is C11H28N+. The van der Waals surface area contributed by atoms with Gasteiger partial charge in [0, 0.05) is 6.42 Å². The number of rotatable bonds is 4. The largest absolute Gasteiger partial charge is 0.340 e. The highest BCUT2D eigenvalue weighted by Crippen LogP contribution is 2.22. The van der Waals surface area contributed by atoms with Crippen molar-refractivity contribution >= 4 is 0 Å². The third-order valence-corrected chi connectivity index (χ3v) is 2.26. The molecule has 0 aromatic rings. The predicted octanol–water partition coefficient (Wildman–Crippen LogP) is 1.98. The van der Waals surface area contributed by atoms with Crippen LogP contribution in [0.5, 0.6) is 0 Å². The summed E-state index contributed by atoms with van der Waals surface area (Å²) in [7, 11) is 4.43. The van der Waals surface area contributed by atoms with Gasteiger partial charge in [0.05, 0.1) is 20.6 Å². The van der Waals surface area contributed by atoms with Crippen molar-refractivity contribution in [3.8, 4) is 0 Å². The van der Waals surface area contributed by atoms with Gasteiger partial charge in [0.1, 0.15) is 0 Å². The Kier molecular flexibility index (Phi) is 9.17. The van der Waals surface area contributed by atoms with Gasteiger partial charge < -0.3 is 4.90 Å². The lowest BCUT2D eigenvalue weighted by atomic mass is 9.86. The summed E-state index contributed by atoms with van der Waals surface area (Å²) in [6.45, 7) is 12.2. The van der Waals surface area contributed by atoms with Crippen LogP contribution in [-0.4, -0.2) is 20.6 Å². The molecule has 0 heterocycles. The maximum atomic E-state index is 2.34. The van der Waals surface area contributed by atoms with Gasteiger partial charge in [-0.25, -0.2) is 0 Å². The lowest BCUT2D eigenvalue weighted by molar-refractivity contribution is -0.859. The van der Waals surface area contributed by atoms with Crippen LogP contribution in [0.15, 0.2) is 0 Å². The molecule has 0 atom stereocenters. The summed E-state index contributed by atoms with van der Waals surface area (Å²) in [4.78, 5) is 1.56. The first-order chi connectivity index (χ1) is 5.48. The SMILES string of the molecule is CC.CCC(C)(C)CC[NH+](C)C. The van der Waals surface area contributed by atoms with Crippen LogP contribution >= 0.6 is 0 Å². The molecule has 0 rings (SSSR count). The smallest absolute Gasteiger partial charge is 0.0772 e. The van der Waals surface area contributed by atoms with Crippen molar-refractivity contribution in [2.24, 2.45) is 5.41 Å². The maximum absolute atomic E-state index is 2.34. The van der Waals surface area contributed by atoms with E-state index in [9.17, 15) is 0 Å². The third kappa shape index (κ3) is 9.96. The molecule has 0 aliphatic heterocycles. The first-order valence-electron chi connectivity index (χ1n) is 5.27. The molecule has 0 saturated carbocycles. The van der Waals surface area contributed by atoms with Crippen LogP contribution in [0.1, 0.15) is 47.5 Å². The second-order valence-corrected chi connectivity index (χ2v) is 4.22. The van der Waals surface area contributed by atoms with E-state index in [1.54, 1.807) is 4.90 Å². The Labute approximate surface area is 79.2 Å². The van der Waals surface area contributed by atoms with Crippen LogP contribution in [0.25, 0.3) is 0 Å². The van der Waals surface area contributed by atoms with E-state index in [1.807, 2.05) is 13.8 Å². The molecule has 0 amide bonds. The molecule has 76 valence electrons. The van der Waals surface area contributed by atoms with Gasteiger partial charge in [-0.1, -0.05) is 41.0 Å². The zero-order chi connectivity index (χ0) is 10.2. The van der Waals surface area contributed by atoms with Gasteiger partial charge in [-0.3, -0.25) is 0 Å². The summed E-state index contributed by atoms with van der Waals surface area (Å²) >= 11 is 0. The summed E-state index contributed by atoms with van der Waals surface area (Å²) in [6, 6.07) is 0. The van der Waals surface area contributed by atoms with Crippen molar-refractivity contribution in [2.45, 2.75) is 47.5 Å². The van der Waals surface area contributed by atoms with Crippen LogP contribution < -0.4 is 4.90 Å². The van der Waals surface area contributed by atoms with Crippen molar-refractivity contribution in [3.63, 3.8) is 0 Å². The van der Waals surface area contributed by atoms with E-state index in [2.05, 4.69) is 34.9 Å². The van der Waals surface area contributed by atoms with E-state index in [0.717, 1.165) is 0 Å². The molecule has 0 aromatic carbocycles. The fourth-order valence-electron chi connectivity index (χ4n) is 0.765. The Balaban J connectivity index is 0. The summed E-state index contributed by atoms with van der Waals surface area (Å²) in [5.41, 5.74) is 0.553. The normalized spacial score (nSPS) is 11.0. The summed E-state index contributed by atoms with van der Waals surface area (Å²) in [6.07, 6.45) is 2.63. The Morgan fingerprint density at radius 2 is 1.50 bits per heavy atom. The van der Waals surface area contributed by atoms with E-state index in [1.165, 1.54) is 19.4 Å². The van der Waals surface area contributed by atoms with Crippen LogP contribution in [0, 0.1) is 5.41 Å². The topological polar surface area (TPSA) is 4.44 Å². The van der Waals surface area contributed by atoms with Crippen LogP contribution in [0.3, 0.4) is 0 Å². The van der Waals surface area contributed by atoms with Gasteiger partial charge in [-0.2, -0.15) is 0 Å². The highest BCUT2D eigenvalue weighted by atomic mass is 15.0. The van der Waals surface area contributed by atoms with E-state index < -0.39 is 0 Å². The molecule has 1 N–H and O–H groups in total. The number of hydrogen-bond acceptors (Lipinski definition) is 0. The summed E-state index contributed by atoms with van der Waals surface area (Å²) < 4.78 is 0. The molecule has 0 aromatic heterocycles. The average molecular weight is 174 g/mol. The van der Waals surface area contributed by atoms with Gasteiger partial charge >= 0.3 is 0 Å². The van der Waals surface area contributed by atoms with Gasteiger partial charge in [0.15, 0.2) is 0 Å². The number of hydrogen-bond donors (Lipinski definition) is 1. The second kappa shape index (κ2) is 7.60. The predicted molar refractivity (Wildman–Crippen MR) is 57.7 cm³/mol. The molecule has 12 heavy (non-hydrogen) atoms. The van der Waals surface area contributed by atoms with Gasteiger partial charge in [-0.05, 0) is 5.41 Å². The molecule has 0 spiro atoms. The molecule has 0 saturated heterocycles.